The van der Waals surface area contributed by atoms with Crippen molar-refractivity contribution in [3.63, 3.8) is 0 Å². The molecular weight excluding hydrogens is 842 g/mol. The van der Waals surface area contributed by atoms with E-state index in [-0.39, 0.29) is 16.9 Å². The minimum Gasteiger partial charge on any atom is -0.444 e. The van der Waals surface area contributed by atoms with Crippen LogP contribution in [0.1, 0.15) is 88.9 Å². The van der Waals surface area contributed by atoms with E-state index in [0.29, 0.717) is 29.8 Å². The van der Waals surface area contributed by atoms with Crippen LogP contribution in [0.2, 0.25) is 5.15 Å². The summed E-state index contributed by atoms with van der Waals surface area (Å²) in [6, 6.07) is 10.7. The first-order chi connectivity index (χ1) is 30.0. The molecule has 9 rings (SSSR count). The fraction of sp³-hybridized carbons (Fsp3) is 0.432. The van der Waals surface area contributed by atoms with Crippen molar-refractivity contribution >= 4 is 50.5 Å². The van der Waals surface area contributed by atoms with E-state index >= 15 is 0 Å². The number of sulfonamides is 1. The highest BCUT2D eigenvalue weighted by Crippen LogP contribution is 2.36. The molecule has 17 nitrogen and oxygen atoms in total. The maximum Gasteiger partial charge on any atom is 0.410 e. The molecule has 7 heterocycles. The predicted molar refractivity (Wildman–Crippen MR) is 242 cm³/mol. The molecule has 1 aliphatic carbocycles. The van der Waals surface area contributed by atoms with Gasteiger partial charge in [-0.15, -0.1) is 0 Å². The van der Waals surface area contributed by atoms with Gasteiger partial charge in [0.15, 0.2) is 11.3 Å². The first-order valence-corrected chi connectivity index (χ1v) is 23.0. The van der Waals surface area contributed by atoms with Crippen molar-refractivity contribution in [2.45, 2.75) is 88.0 Å². The Morgan fingerprint density at radius 1 is 0.778 bits per heavy atom. The molecule has 1 aliphatic heterocycles. The van der Waals surface area contributed by atoms with Crippen LogP contribution in [0.25, 0.3) is 33.5 Å². The molecule has 1 saturated heterocycles. The number of hydrogen-bond donors (Lipinski definition) is 1. The fourth-order valence-electron chi connectivity index (χ4n) is 8.14. The zero-order valence-corrected chi connectivity index (χ0v) is 38.3. The van der Waals surface area contributed by atoms with E-state index in [1.807, 2.05) is 65.7 Å². The Balaban J connectivity index is 0.000000175. The molecule has 332 valence electrons. The minimum atomic E-state index is -3.48. The van der Waals surface area contributed by atoms with E-state index in [1.54, 1.807) is 60.0 Å². The molecular formula is C44H54ClN13O4S. The number of halogens is 1. The number of carbonyl (C=O) groups excluding carboxylic acids is 1. The summed E-state index contributed by atoms with van der Waals surface area (Å²) < 4.78 is 38.5. The summed E-state index contributed by atoms with van der Waals surface area (Å²) >= 11 is 6.51. The van der Waals surface area contributed by atoms with Crippen LogP contribution in [0.3, 0.4) is 0 Å². The smallest absolute Gasteiger partial charge is 0.410 e. The van der Waals surface area contributed by atoms with Gasteiger partial charge < -0.3 is 15.0 Å². The Labute approximate surface area is 372 Å². The van der Waals surface area contributed by atoms with Gasteiger partial charge in [-0.1, -0.05) is 30.9 Å². The number of anilines is 2. The van der Waals surface area contributed by atoms with Crippen LogP contribution in [0.15, 0.2) is 78.5 Å². The molecule has 0 bridgehead atoms. The number of fused-ring (bicyclic) bond motifs is 2. The van der Waals surface area contributed by atoms with Crippen LogP contribution < -0.4 is 5.32 Å². The van der Waals surface area contributed by atoms with Crippen molar-refractivity contribution < 1.29 is 17.9 Å². The second kappa shape index (κ2) is 17.7. The second-order valence-electron chi connectivity index (χ2n) is 17.5. The van der Waals surface area contributed by atoms with E-state index in [4.69, 9.17) is 26.3 Å². The molecule has 63 heavy (non-hydrogen) atoms. The average Bonchev–Trinajstić information content (AvgIpc) is 4.08. The minimum absolute atomic E-state index is 0.0930. The van der Waals surface area contributed by atoms with E-state index in [9.17, 15) is 13.2 Å². The summed E-state index contributed by atoms with van der Waals surface area (Å²) in [5, 5.41) is 21.5. The number of amides is 1. The van der Waals surface area contributed by atoms with Crippen molar-refractivity contribution in [1.29, 1.82) is 0 Å². The van der Waals surface area contributed by atoms with Crippen LogP contribution in [0.5, 0.6) is 0 Å². The Bertz CT molecular complexity index is 2850. The molecule has 19 heteroatoms. The number of nitrogens with zero attached hydrogens (tertiary/aromatic N) is 12. The topological polar surface area (TPSA) is 175 Å². The number of ether oxygens (including phenoxy) is 1. The van der Waals surface area contributed by atoms with E-state index in [0.717, 1.165) is 76.5 Å². The second-order valence-corrected chi connectivity index (χ2v) is 20.0. The molecule has 0 spiro atoms. The summed E-state index contributed by atoms with van der Waals surface area (Å²) in [4.78, 5) is 24.4. The highest BCUT2D eigenvalue weighted by molar-refractivity contribution is 7.89. The lowest BCUT2D eigenvalue weighted by atomic mass is 9.87. The van der Waals surface area contributed by atoms with Crippen LogP contribution in [-0.2, 0) is 28.9 Å². The van der Waals surface area contributed by atoms with E-state index < -0.39 is 15.6 Å². The largest absolute Gasteiger partial charge is 0.444 e. The molecule has 0 radical (unpaired) electrons. The normalized spacial score (nSPS) is 16.4. The van der Waals surface area contributed by atoms with Gasteiger partial charge in [-0.05, 0) is 76.8 Å². The van der Waals surface area contributed by atoms with E-state index in [1.165, 1.54) is 37.7 Å². The molecule has 2 fully saturated rings. The number of carbonyl (C=O) groups is 1. The molecule has 2 aliphatic rings. The number of benzene rings is 1. The maximum atomic E-state index is 12.5. The maximum absolute atomic E-state index is 12.5. The third kappa shape index (κ3) is 9.57. The number of rotatable bonds is 8. The Morgan fingerprint density at radius 3 is 1.92 bits per heavy atom. The quantitative estimate of drug-likeness (QED) is 0.146. The number of likely N-dealkylation sites (tertiary alicyclic amines) is 1. The summed E-state index contributed by atoms with van der Waals surface area (Å²) in [5.41, 5.74) is 7.37. The van der Waals surface area contributed by atoms with Gasteiger partial charge in [0.1, 0.15) is 16.6 Å². The summed E-state index contributed by atoms with van der Waals surface area (Å²) in [6.07, 6.45) is 18.6. The van der Waals surface area contributed by atoms with Crippen molar-refractivity contribution in [3.05, 3.63) is 90.1 Å². The average molecular weight is 897 g/mol. The molecule has 1 unspecified atom stereocenters. The van der Waals surface area contributed by atoms with Crippen molar-refractivity contribution in [1.82, 2.24) is 58.0 Å². The lowest BCUT2D eigenvalue weighted by Crippen LogP contribution is -2.42. The molecule has 1 atom stereocenters. The first-order valence-electron chi connectivity index (χ1n) is 21.2. The van der Waals surface area contributed by atoms with Gasteiger partial charge in [-0.25, -0.2) is 32.0 Å². The number of nitrogens with one attached hydrogen (secondary N) is 1. The third-order valence-corrected chi connectivity index (χ3v) is 13.5. The Kier molecular flexibility index (Phi) is 12.3. The van der Waals surface area contributed by atoms with Gasteiger partial charge >= 0.3 is 6.09 Å². The Hall–Kier alpha value is -5.85. The number of hydrogen-bond acceptors (Lipinski definition) is 11. The summed E-state index contributed by atoms with van der Waals surface area (Å²) in [7, 11) is 3.34. The van der Waals surface area contributed by atoms with Gasteiger partial charge in [0.25, 0.3) is 0 Å². The summed E-state index contributed by atoms with van der Waals surface area (Å²) in [5.74, 6) is 1.31. The number of aromatic nitrogens is 10. The Morgan fingerprint density at radius 2 is 1.35 bits per heavy atom. The van der Waals surface area contributed by atoms with Crippen LogP contribution in [-0.4, -0.2) is 105 Å². The van der Waals surface area contributed by atoms with Gasteiger partial charge in [0, 0.05) is 105 Å². The molecule has 6 aromatic heterocycles. The van der Waals surface area contributed by atoms with Gasteiger partial charge in [0.2, 0.25) is 10.0 Å². The predicted octanol–water partition coefficient (Wildman–Crippen LogP) is 8.07. The van der Waals surface area contributed by atoms with E-state index in [2.05, 4.69) is 31.8 Å². The number of aryl methyl sites for hydroxylation is 2. The fourth-order valence-corrected chi connectivity index (χ4v) is 9.28. The number of piperidine rings is 1. The third-order valence-electron chi connectivity index (χ3n) is 11.4. The first kappa shape index (κ1) is 43.8. The van der Waals surface area contributed by atoms with Gasteiger partial charge in [-0.3, -0.25) is 9.36 Å². The highest BCUT2D eigenvalue weighted by Gasteiger charge is 2.30. The summed E-state index contributed by atoms with van der Waals surface area (Å²) in [6.45, 7) is 6.88. The highest BCUT2D eigenvalue weighted by atomic mass is 35.5. The monoisotopic (exact) mass is 895 g/mol. The van der Waals surface area contributed by atoms with Gasteiger partial charge in [0.05, 0.1) is 35.4 Å². The van der Waals surface area contributed by atoms with Gasteiger partial charge in [-0.2, -0.15) is 24.9 Å². The zero-order chi connectivity index (χ0) is 44.6. The standard InChI is InChI=1S/C24H29N7O2S.C20H25ClN6O2/c1-29(2)34(32,33)20-11-9-19(10-12-20)27-23-13-22(17-7-5-4-6-8-17)28-24-21(15-26-31(23)24)18-14-25-30(3)16-18;1-20(2,3)29-19(28)26-7-5-6-13(12-26)16-8-17(21)27-18(24-16)15(10-23-27)14-9-22-25(4)11-14/h9-17,27H,4-8H2,1-3H3;8-11,13H,5-7,12H2,1-4H3. The molecule has 1 N–H and O–H groups in total. The van der Waals surface area contributed by atoms with Crippen molar-refractivity contribution in [2.75, 3.05) is 32.5 Å². The molecule has 1 amide bonds. The zero-order valence-electron chi connectivity index (χ0n) is 36.7. The van der Waals surface area contributed by atoms with Crippen LogP contribution in [0, 0.1) is 0 Å². The SMILES string of the molecule is CN(C)S(=O)(=O)c1ccc(Nc2cc(C3CCCCC3)nc3c(-c4cnn(C)c4)cnn23)cc1.Cn1cc(-c2cnn3c(Cl)cc(C4CCCN(C(=O)OC(C)(C)C)C4)nc23)cn1. The van der Waals surface area contributed by atoms with Crippen LogP contribution >= 0.6 is 11.6 Å². The molecule has 1 aromatic carbocycles. The molecule has 1 saturated carbocycles. The lowest BCUT2D eigenvalue weighted by Gasteiger charge is -2.34. The molecule has 7 aromatic rings. The van der Waals surface area contributed by atoms with Crippen molar-refractivity contribution in [3.8, 4) is 22.3 Å². The lowest BCUT2D eigenvalue weighted by molar-refractivity contribution is 0.0197. The van der Waals surface area contributed by atoms with Crippen LogP contribution in [0.4, 0.5) is 16.3 Å². The van der Waals surface area contributed by atoms with Crippen molar-refractivity contribution in [2.24, 2.45) is 14.1 Å².